The second-order valence-electron chi connectivity index (χ2n) is 3.67. The predicted octanol–water partition coefficient (Wildman–Crippen LogP) is 1.45. The van der Waals surface area contributed by atoms with E-state index in [1.165, 1.54) is 12.1 Å². The molecule has 98 valence electrons. The van der Waals surface area contributed by atoms with E-state index >= 15 is 0 Å². The van der Waals surface area contributed by atoms with E-state index in [9.17, 15) is 14.0 Å². The van der Waals surface area contributed by atoms with Crippen LogP contribution in [0.1, 0.15) is 5.56 Å². The highest BCUT2D eigenvalue weighted by Crippen LogP contribution is 2.16. The maximum absolute atomic E-state index is 13.4. The molecule has 1 aromatic carbocycles. The fourth-order valence-corrected chi connectivity index (χ4v) is 1.65. The fourth-order valence-electron chi connectivity index (χ4n) is 1.46. The van der Waals surface area contributed by atoms with Gasteiger partial charge < -0.3 is 10.2 Å². The summed E-state index contributed by atoms with van der Waals surface area (Å²) in [6.07, 6.45) is 0. The van der Waals surface area contributed by atoms with E-state index in [-0.39, 0.29) is 12.1 Å². The Bertz CT molecular complexity index is 450. The number of benzene rings is 1. The highest BCUT2D eigenvalue weighted by Gasteiger charge is 2.15. The molecular formula is C11H11ClFNO4. The molecule has 2 N–H and O–H groups in total. The van der Waals surface area contributed by atoms with E-state index < -0.39 is 30.8 Å². The summed E-state index contributed by atoms with van der Waals surface area (Å²) in [5.41, 5.74) is 0.157. The van der Waals surface area contributed by atoms with Gasteiger partial charge in [0.1, 0.15) is 5.82 Å². The molecule has 0 saturated carbocycles. The van der Waals surface area contributed by atoms with Crippen LogP contribution in [0.25, 0.3) is 0 Å². The topological polar surface area (TPSA) is 77.8 Å². The van der Waals surface area contributed by atoms with Crippen molar-refractivity contribution in [3.05, 3.63) is 34.6 Å². The zero-order valence-electron chi connectivity index (χ0n) is 9.27. The van der Waals surface area contributed by atoms with Gasteiger partial charge in [-0.25, -0.2) is 4.39 Å². The summed E-state index contributed by atoms with van der Waals surface area (Å²) in [6, 6.07) is 3.85. The van der Waals surface area contributed by atoms with Gasteiger partial charge in [-0.2, -0.15) is 0 Å². The lowest BCUT2D eigenvalue weighted by atomic mass is 10.2. The van der Waals surface area contributed by atoms with Crippen molar-refractivity contribution < 1.29 is 24.2 Å². The second-order valence-corrected chi connectivity index (χ2v) is 4.10. The maximum atomic E-state index is 13.4. The van der Waals surface area contributed by atoms with Crippen LogP contribution in [0.2, 0.25) is 5.02 Å². The van der Waals surface area contributed by atoms with Gasteiger partial charge in [-0.3, -0.25) is 14.5 Å². The van der Waals surface area contributed by atoms with Gasteiger partial charge in [-0.1, -0.05) is 11.6 Å². The van der Waals surface area contributed by atoms with Crippen LogP contribution in [0.4, 0.5) is 4.39 Å². The Kier molecular flexibility index (Phi) is 5.06. The molecule has 0 aromatic heterocycles. The summed E-state index contributed by atoms with van der Waals surface area (Å²) in [4.78, 5) is 22.3. The standard InChI is InChI=1S/C11H11ClFNO4/c12-8-1-2-9(13)7(3-8)4-14(5-10(15)16)6-11(17)18/h1-3H,4-6H2,(H,15,16)(H,17,18). The first kappa shape index (κ1) is 14.4. The van der Waals surface area contributed by atoms with Gasteiger partial charge >= 0.3 is 11.9 Å². The quantitative estimate of drug-likeness (QED) is 0.822. The molecule has 0 fully saturated rings. The van der Waals surface area contributed by atoms with Crippen LogP contribution in [0.3, 0.4) is 0 Å². The zero-order valence-corrected chi connectivity index (χ0v) is 10.0. The van der Waals surface area contributed by atoms with Crippen molar-refractivity contribution in [2.75, 3.05) is 13.1 Å². The molecule has 0 atom stereocenters. The Labute approximate surface area is 107 Å². The minimum Gasteiger partial charge on any atom is -0.480 e. The van der Waals surface area contributed by atoms with Crippen molar-refractivity contribution in [1.82, 2.24) is 4.90 Å². The molecule has 0 heterocycles. The molecule has 5 nitrogen and oxygen atoms in total. The molecule has 1 aromatic rings. The summed E-state index contributed by atoms with van der Waals surface area (Å²) < 4.78 is 13.4. The highest BCUT2D eigenvalue weighted by atomic mass is 35.5. The Morgan fingerprint density at radius 3 is 2.28 bits per heavy atom. The molecule has 18 heavy (non-hydrogen) atoms. The number of carboxylic acid groups (broad SMARTS) is 2. The molecule has 0 unspecified atom stereocenters. The molecule has 0 saturated heterocycles. The van der Waals surface area contributed by atoms with E-state index in [4.69, 9.17) is 21.8 Å². The summed E-state index contributed by atoms with van der Waals surface area (Å²) >= 11 is 5.69. The van der Waals surface area contributed by atoms with E-state index in [0.717, 1.165) is 11.0 Å². The molecule has 0 aliphatic heterocycles. The van der Waals surface area contributed by atoms with Crippen LogP contribution < -0.4 is 0 Å². The number of aliphatic carboxylic acids is 2. The lowest BCUT2D eigenvalue weighted by Gasteiger charge is -2.18. The van der Waals surface area contributed by atoms with Crippen LogP contribution in [0.15, 0.2) is 18.2 Å². The molecule has 0 aliphatic rings. The average Bonchev–Trinajstić information content (AvgIpc) is 2.21. The van der Waals surface area contributed by atoms with Crippen LogP contribution in [-0.4, -0.2) is 40.1 Å². The summed E-state index contributed by atoms with van der Waals surface area (Å²) in [6.45, 7) is -1.11. The van der Waals surface area contributed by atoms with E-state index in [1.54, 1.807) is 0 Å². The Morgan fingerprint density at radius 2 is 1.78 bits per heavy atom. The van der Waals surface area contributed by atoms with Crippen molar-refractivity contribution in [2.24, 2.45) is 0 Å². The zero-order chi connectivity index (χ0) is 13.7. The van der Waals surface area contributed by atoms with E-state index in [0.29, 0.717) is 5.02 Å². The minimum absolute atomic E-state index is 0.134. The summed E-state index contributed by atoms with van der Waals surface area (Å²) in [5.74, 6) is -2.92. The third-order valence-electron chi connectivity index (χ3n) is 2.12. The Balaban J connectivity index is 2.84. The van der Waals surface area contributed by atoms with Crippen LogP contribution in [-0.2, 0) is 16.1 Å². The highest BCUT2D eigenvalue weighted by molar-refractivity contribution is 6.30. The first-order valence-electron chi connectivity index (χ1n) is 4.98. The maximum Gasteiger partial charge on any atom is 0.317 e. The third kappa shape index (κ3) is 4.68. The number of hydrogen-bond donors (Lipinski definition) is 2. The van der Waals surface area contributed by atoms with Gasteiger partial charge in [0.05, 0.1) is 13.1 Å². The van der Waals surface area contributed by atoms with Crippen LogP contribution in [0, 0.1) is 5.82 Å². The Hall–Kier alpha value is -1.66. The molecule has 0 amide bonds. The van der Waals surface area contributed by atoms with Gasteiger partial charge in [0.15, 0.2) is 0 Å². The van der Waals surface area contributed by atoms with Crippen molar-refractivity contribution in [3.63, 3.8) is 0 Å². The SMILES string of the molecule is O=C(O)CN(CC(=O)O)Cc1cc(Cl)ccc1F. The lowest BCUT2D eigenvalue weighted by Crippen LogP contribution is -2.34. The van der Waals surface area contributed by atoms with Crippen molar-refractivity contribution >= 4 is 23.5 Å². The number of carbonyl (C=O) groups is 2. The molecular weight excluding hydrogens is 265 g/mol. The number of hydrogen-bond acceptors (Lipinski definition) is 3. The molecule has 1 rings (SSSR count). The number of rotatable bonds is 6. The molecule has 0 aliphatic carbocycles. The third-order valence-corrected chi connectivity index (χ3v) is 2.35. The molecule has 0 radical (unpaired) electrons. The summed E-state index contributed by atoms with van der Waals surface area (Å²) in [5, 5.41) is 17.6. The first-order chi connectivity index (χ1) is 8.38. The lowest BCUT2D eigenvalue weighted by molar-refractivity contribution is -0.142. The predicted molar refractivity (Wildman–Crippen MR) is 62.0 cm³/mol. The van der Waals surface area contributed by atoms with Crippen LogP contribution >= 0.6 is 11.6 Å². The smallest absolute Gasteiger partial charge is 0.317 e. The van der Waals surface area contributed by atoms with E-state index in [1.807, 2.05) is 0 Å². The van der Waals surface area contributed by atoms with E-state index in [2.05, 4.69) is 0 Å². The van der Waals surface area contributed by atoms with Crippen molar-refractivity contribution in [3.8, 4) is 0 Å². The van der Waals surface area contributed by atoms with Gasteiger partial charge in [-0.15, -0.1) is 0 Å². The van der Waals surface area contributed by atoms with Gasteiger partial charge in [0, 0.05) is 17.1 Å². The molecule has 0 spiro atoms. The Morgan fingerprint density at radius 1 is 1.22 bits per heavy atom. The molecule has 7 heteroatoms. The van der Waals surface area contributed by atoms with Crippen molar-refractivity contribution in [2.45, 2.75) is 6.54 Å². The van der Waals surface area contributed by atoms with Gasteiger partial charge in [-0.05, 0) is 18.2 Å². The van der Waals surface area contributed by atoms with Crippen LogP contribution in [0.5, 0.6) is 0 Å². The minimum atomic E-state index is -1.18. The summed E-state index contributed by atoms with van der Waals surface area (Å²) in [7, 11) is 0. The van der Waals surface area contributed by atoms with Gasteiger partial charge in [0.25, 0.3) is 0 Å². The molecule has 0 bridgehead atoms. The monoisotopic (exact) mass is 275 g/mol. The second kappa shape index (κ2) is 6.32. The normalized spacial score (nSPS) is 10.6. The number of halogens is 2. The number of nitrogens with zero attached hydrogens (tertiary/aromatic N) is 1. The number of carboxylic acids is 2. The first-order valence-corrected chi connectivity index (χ1v) is 5.36. The largest absolute Gasteiger partial charge is 0.480 e. The van der Waals surface area contributed by atoms with Gasteiger partial charge in [0.2, 0.25) is 0 Å². The average molecular weight is 276 g/mol. The van der Waals surface area contributed by atoms with Crippen molar-refractivity contribution in [1.29, 1.82) is 0 Å². The fraction of sp³-hybridized carbons (Fsp3) is 0.273.